The Morgan fingerprint density at radius 3 is 2.84 bits per heavy atom. The first-order valence-electron chi connectivity index (χ1n) is 6.53. The number of rotatable bonds is 3. The molecule has 0 radical (unpaired) electrons. The summed E-state index contributed by atoms with van der Waals surface area (Å²) in [7, 11) is 0. The zero-order valence-corrected chi connectivity index (χ0v) is 10.9. The molecule has 1 heterocycles. The van der Waals surface area contributed by atoms with Gasteiger partial charge in [0.1, 0.15) is 0 Å². The molecule has 3 rings (SSSR count). The number of carbonyl (C=O) groups is 1. The lowest BCUT2D eigenvalue weighted by atomic mass is 9.96. The molecule has 4 heteroatoms. The molecule has 1 fully saturated rings. The Kier molecular flexibility index (Phi) is 2.75. The molecule has 2 aromatic rings. The summed E-state index contributed by atoms with van der Waals surface area (Å²) in [6, 6.07) is 9.59. The van der Waals surface area contributed by atoms with E-state index in [2.05, 4.69) is 10.3 Å². The lowest BCUT2D eigenvalue weighted by molar-refractivity contribution is -0.121. The van der Waals surface area contributed by atoms with Crippen LogP contribution < -0.4 is 11.1 Å². The van der Waals surface area contributed by atoms with Gasteiger partial charge in [-0.05, 0) is 37.8 Å². The second-order valence-electron chi connectivity index (χ2n) is 5.39. The van der Waals surface area contributed by atoms with Gasteiger partial charge in [-0.3, -0.25) is 9.78 Å². The van der Waals surface area contributed by atoms with Gasteiger partial charge in [0.05, 0.1) is 16.7 Å². The molecule has 1 aliphatic carbocycles. The Labute approximate surface area is 112 Å². The van der Waals surface area contributed by atoms with E-state index in [-0.39, 0.29) is 5.91 Å². The first kappa shape index (κ1) is 12.1. The minimum atomic E-state index is -0.795. The standard InChI is InChI=1S/C15H17N3O/c1-15(16,11-7-8-11)14(19)18-12-6-2-4-10-5-3-9-17-13(10)12/h2-6,9,11H,7-8,16H2,1H3,(H,18,19). The summed E-state index contributed by atoms with van der Waals surface area (Å²) in [5.41, 5.74) is 6.85. The summed E-state index contributed by atoms with van der Waals surface area (Å²) in [6.45, 7) is 1.80. The number of fused-ring (bicyclic) bond motifs is 1. The average molecular weight is 255 g/mol. The van der Waals surface area contributed by atoms with Gasteiger partial charge in [0.25, 0.3) is 0 Å². The zero-order chi connectivity index (χ0) is 13.5. The number of benzene rings is 1. The van der Waals surface area contributed by atoms with E-state index in [1.165, 1.54) is 0 Å². The Hall–Kier alpha value is -1.94. The van der Waals surface area contributed by atoms with Gasteiger partial charge in [0, 0.05) is 11.6 Å². The van der Waals surface area contributed by atoms with Crippen molar-refractivity contribution < 1.29 is 4.79 Å². The highest BCUT2D eigenvalue weighted by atomic mass is 16.2. The van der Waals surface area contributed by atoms with Crippen LogP contribution in [0.25, 0.3) is 10.9 Å². The Balaban J connectivity index is 1.91. The maximum absolute atomic E-state index is 12.3. The first-order valence-corrected chi connectivity index (χ1v) is 6.53. The number of carbonyl (C=O) groups excluding carboxylic acids is 1. The van der Waals surface area contributed by atoms with E-state index >= 15 is 0 Å². The second kappa shape index (κ2) is 4.31. The summed E-state index contributed by atoms with van der Waals surface area (Å²) < 4.78 is 0. The van der Waals surface area contributed by atoms with Gasteiger partial charge in [-0.15, -0.1) is 0 Å². The third kappa shape index (κ3) is 2.19. The van der Waals surface area contributed by atoms with E-state index in [9.17, 15) is 4.79 Å². The minimum Gasteiger partial charge on any atom is -0.323 e. The van der Waals surface area contributed by atoms with Crippen LogP contribution in [0.3, 0.4) is 0 Å². The van der Waals surface area contributed by atoms with Crippen LogP contribution in [0.15, 0.2) is 36.5 Å². The van der Waals surface area contributed by atoms with Crippen molar-refractivity contribution in [2.75, 3.05) is 5.32 Å². The number of pyridine rings is 1. The maximum atomic E-state index is 12.3. The smallest absolute Gasteiger partial charge is 0.244 e. The van der Waals surface area contributed by atoms with Crippen molar-refractivity contribution in [3.05, 3.63) is 36.5 Å². The molecule has 0 spiro atoms. The summed E-state index contributed by atoms with van der Waals surface area (Å²) in [5, 5.41) is 3.93. The molecule has 1 aromatic carbocycles. The lowest BCUT2D eigenvalue weighted by Crippen LogP contribution is -2.50. The Morgan fingerprint density at radius 2 is 2.11 bits per heavy atom. The van der Waals surface area contributed by atoms with Crippen LogP contribution in [0.1, 0.15) is 19.8 Å². The third-order valence-corrected chi connectivity index (χ3v) is 3.80. The predicted octanol–water partition coefficient (Wildman–Crippen LogP) is 2.30. The van der Waals surface area contributed by atoms with Crippen LogP contribution in [0.5, 0.6) is 0 Å². The van der Waals surface area contributed by atoms with E-state index in [1.807, 2.05) is 30.3 Å². The van der Waals surface area contributed by atoms with Gasteiger partial charge in [0.15, 0.2) is 0 Å². The maximum Gasteiger partial charge on any atom is 0.244 e. The normalized spacial score (nSPS) is 18.0. The van der Waals surface area contributed by atoms with Crippen molar-refractivity contribution >= 4 is 22.5 Å². The lowest BCUT2D eigenvalue weighted by Gasteiger charge is -2.23. The van der Waals surface area contributed by atoms with E-state index in [1.54, 1.807) is 13.1 Å². The van der Waals surface area contributed by atoms with Crippen molar-refractivity contribution in [3.63, 3.8) is 0 Å². The Morgan fingerprint density at radius 1 is 1.37 bits per heavy atom. The molecule has 3 N–H and O–H groups in total. The van der Waals surface area contributed by atoms with Crippen molar-refractivity contribution in [1.29, 1.82) is 0 Å². The second-order valence-corrected chi connectivity index (χ2v) is 5.39. The highest BCUT2D eigenvalue weighted by Crippen LogP contribution is 2.38. The van der Waals surface area contributed by atoms with Gasteiger partial charge in [-0.25, -0.2) is 0 Å². The fraction of sp³-hybridized carbons (Fsp3) is 0.333. The van der Waals surface area contributed by atoms with Crippen LogP contribution in [0.2, 0.25) is 0 Å². The van der Waals surface area contributed by atoms with Crippen LogP contribution >= 0.6 is 0 Å². The number of aromatic nitrogens is 1. The predicted molar refractivity (Wildman–Crippen MR) is 75.7 cm³/mol. The van der Waals surface area contributed by atoms with E-state index < -0.39 is 5.54 Å². The number of hydrogen-bond acceptors (Lipinski definition) is 3. The van der Waals surface area contributed by atoms with Gasteiger partial charge >= 0.3 is 0 Å². The van der Waals surface area contributed by atoms with E-state index in [0.29, 0.717) is 5.92 Å². The van der Waals surface area contributed by atoms with Crippen molar-refractivity contribution in [3.8, 4) is 0 Å². The van der Waals surface area contributed by atoms with Crippen molar-refractivity contribution in [1.82, 2.24) is 4.98 Å². The summed E-state index contributed by atoms with van der Waals surface area (Å²) in [6.07, 6.45) is 3.79. The molecule has 1 saturated carbocycles. The molecular weight excluding hydrogens is 238 g/mol. The summed E-state index contributed by atoms with van der Waals surface area (Å²) >= 11 is 0. The van der Waals surface area contributed by atoms with Crippen molar-refractivity contribution in [2.45, 2.75) is 25.3 Å². The van der Waals surface area contributed by atoms with Crippen LogP contribution in [-0.4, -0.2) is 16.4 Å². The molecule has 0 aliphatic heterocycles. The molecule has 1 atom stereocenters. The fourth-order valence-corrected chi connectivity index (χ4v) is 2.33. The number of para-hydroxylation sites is 1. The summed E-state index contributed by atoms with van der Waals surface area (Å²) in [4.78, 5) is 16.6. The fourth-order valence-electron chi connectivity index (χ4n) is 2.33. The van der Waals surface area contributed by atoms with Gasteiger partial charge in [-0.1, -0.05) is 18.2 Å². The molecule has 98 valence electrons. The summed E-state index contributed by atoms with van der Waals surface area (Å²) in [5.74, 6) is 0.170. The zero-order valence-electron chi connectivity index (χ0n) is 10.9. The molecule has 0 saturated heterocycles. The van der Waals surface area contributed by atoms with E-state index in [4.69, 9.17) is 5.73 Å². The molecule has 1 amide bonds. The van der Waals surface area contributed by atoms with Gasteiger partial charge in [0.2, 0.25) is 5.91 Å². The van der Waals surface area contributed by atoms with Gasteiger partial charge < -0.3 is 11.1 Å². The first-order chi connectivity index (χ1) is 9.09. The number of nitrogens with zero attached hydrogens (tertiary/aromatic N) is 1. The molecule has 19 heavy (non-hydrogen) atoms. The molecule has 1 aliphatic rings. The topological polar surface area (TPSA) is 68.0 Å². The molecular formula is C15H17N3O. The monoisotopic (exact) mass is 255 g/mol. The highest BCUT2D eigenvalue weighted by molar-refractivity contribution is 6.04. The van der Waals surface area contributed by atoms with Crippen LogP contribution in [0, 0.1) is 5.92 Å². The number of nitrogens with two attached hydrogens (primary N) is 1. The number of hydrogen-bond donors (Lipinski definition) is 2. The third-order valence-electron chi connectivity index (χ3n) is 3.80. The number of amides is 1. The van der Waals surface area contributed by atoms with Gasteiger partial charge in [-0.2, -0.15) is 0 Å². The number of nitrogens with one attached hydrogen (secondary N) is 1. The van der Waals surface area contributed by atoms with Crippen molar-refractivity contribution in [2.24, 2.45) is 11.7 Å². The highest BCUT2D eigenvalue weighted by Gasteiger charge is 2.44. The van der Waals surface area contributed by atoms with Crippen LogP contribution in [-0.2, 0) is 4.79 Å². The minimum absolute atomic E-state index is 0.131. The van der Waals surface area contributed by atoms with Crippen LogP contribution in [0.4, 0.5) is 5.69 Å². The van der Waals surface area contributed by atoms with E-state index in [0.717, 1.165) is 29.4 Å². The molecule has 1 aromatic heterocycles. The quantitative estimate of drug-likeness (QED) is 0.884. The molecule has 0 bridgehead atoms. The SMILES string of the molecule is CC(N)(C(=O)Nc1cccc2cccnc12)C1CC1. The Bertz CT molecular complexity index is 627. The largest absolute Gasteiger partial charge is 0.323 e. The number of anilines is 1. The molecule has 1 unspecified atom stereocenters. The molecule has 4 nitrogen and oxygen atoms in total. The average Bonchev–Trinajstić information content (AvgIpc) is 3.23.